The summed E-state index contributed by atoms with van der Waals surface area (Å²) in [5, 5.41) is 9.30. The Labute approximate surface area is 106 Å². The molecular formula is C13H29NO3. The monoisotopic (exact) mass is 247 g/mol. The van der Waals surface area contributed by atoms with Gasteiger partial charge < -0.3 is 14.6 Å². The van der Waals surface area contributed by atoms with Crippen LogP contribution in [0.2, 0.25) is 0 Å². The number of hydrogen-bond donors (Lipinski definition) is 1. The molecule has 0 bridgehead atoms. The lowest BCUT2D eigenvalue weighted by Crippen LogP contribution is -2.40. The summed E-state index contributed by atoms with van der Waals surface area (Å²) in [5.74, 6) is 0. The Morgan fingerprint density at radius 2 is 1.47 bits per heavy atom. The zero-order valence-corrected chi connectivity index (χ0v) is 11.9. The summed E-state index contributed by atoms with van der Waals surface area (Å²) < 4.78 is 10.7. The Morgan fingerprint density at radius 1 is 1.00 bits per heavy atom. The highest BCUT2D eigenvalue weighted by Gasteiger charge is 2.20. The highest BCUT2D eigenvalue weighted by atomic mass is 16.5. The van der Waals surface area contributed by atoms with E-state index in [-0.39, 0.29) is 12.0 Å². The number of ether oxygens (including phenoxy) is 2. The average molecular weight is 247 g/mol. The first-order valence-corrected chi connectivity index (χ1v) is 6.54. The van der Waals surface area contributed by atoms with Crippen molar-refractivity contribution < 1.29 is 14.6 Å². The van der Waals surface area contributed by atoms with Gasteiger partial charge in [-0.05, 0) is 13.8 Å². The quantitative estimate of drug-likeness (QED) is 0.560. The van der Waals surface area contributed by atoms with Crippen LogP contribution in [0.5, 0.6) is 0 Å². The number of aliphatic hydroxyl groups excluding tert-OH is 1. The third-order valence-electron chi connectivity index (χ3n) is 2.59. The minimum Gasteiger partial charge on any atom is -0.396 e. The van der Waals surface area contributed by atoms with Crippen LogP contribution in [0.1, 0.15) is 27.7 Å². The van der Waals surface area contributed by atoms with Gasteiger partial charge in [-0.2, -0.15) is 0 Å². The van der Waals surface area contributed by atoms with Crippen LogP contribution in [0.25, 0.3) is 0 Å². The molecule has 0 saturated carbocycles. The van der Waals surface area contributed by atoms with Gasteiger partial charge in [0.25, 0.3) is 0 Å². The van der Waals surface area contributed by atoms with Crippen LogP contribution >= 0.6 is 0 Å². The van der Waals surface area contributed by atoms with E-state index in [2.05, 4.69) is 18.7 Å². The Bertz CT molecular complexity index is 164. The van der Waals surface area contributed by atoms with E-state index in [0.29, 0.717) is 0 Å². The van der Waals surface area contributed by atoms with E-state index in [9.17, 15) is 5.11 Å². The molecule has 0 aliphatic rings. The molecule has 0 spiro atoms. The molecule has 0 aliphatic heterocycles. The van der Waals surface area contributed by atoms with Crippen molar-refractivity contribution in [3.8, 4) is 0 Å². The van der Waals surface area contributed by atoms with E-state index in [4.69, 9.17) is 9.47 Å². The van der Waals surface area contributed by atoms with Crippen LogP contribution in [0.3, 0.4) is 0 Å². The molecule has 0 aromatic rings. The Morgan fingerprint density at radius 3 is 1.82 bits per heavy atom. The van der Waals surface area contributed by atoms with Crippen molar-refractivity contribution >= 4 is 0 Å². The number of nitrogens with zero attached hydrogens (tertiary/aromatic N) is 1. The molecule has 0 heterocycles. The lowest BCUT2D eigenvalue weighted by molar-refractivity contribution is 0.0490. The van der Waals surface area contributed by atoms with Gasteiger partial charge in [0.05, 0.1) is 13.2 Å². The molecule has 17 heavy (non-hydrogen) atoms. The standard InChI is InChI=1S/C13H29NO3/c1-5-16-9-7-14(8-10-17-6-2)11-13(3,4)12-15/h15H,5-12H2,1-4H3. The molecule has 0 amide bonds. The van der Waals surface area contributed by atoms with E-state index in [0.717, 1.165) is 46.1 Å². The summed E-state index contributed by atoms with van der Waals surface area (Å²) in [6, 6.07) is 0. The lowest BCUT2D eigenvalue weighted by atomic mass is 9.94. The molecule has 0 atom stereocenters. The second-order valence-corrected chi connectivity index (χ2v) is 4.99. The Balaban J connectivity index is 4.00. The summed E-state index contributed by atoms with van der Waals surface area (Å²) in [6.45, 7) is 14.0. The van der Waals surface area contributed by atoms with Crippen molar-refractivity contribution in [2.75, 3.05) is 52.7 Å². The molecule has 0 radical (unpaired) electrons. The fourth-order valence-electron chi connectivity index (χ4n) is 1.60. The second-order valence-electron chi connectivity index (χ2n) is 4.99. The van der Waals surface area contributed by atoms with Crippen LogP contribution in [0.4, 0.5) is 0 Å². The van der Waals surface area contributed by atoms with Crippen LogP contribution in [0, 0.1) is 5.41 Å². The number of aliphatic hydroxyl groups is 1. The Hall–Kier alpha value is -0.160. The number of hydrogen-bond acceptors (Lipinski definition) is 4. The van der Waals surface area contributed by atoms with Gasteiger partial charge in [0.2, 0.25) is 0 Å². The van der Waals surface area contributed by atoms with Crippen LogP contribution in [-0.4, -0.2) is 62.7 Å². The predicted molar refractivity (Wildman–Crippen MR) is 70.3 cm³/mol. The zero-order valence-electron chi connectivity index (χ0n) is 11.9. The molecule has 0 saturated heterocycles. The molecule has 1 N–H and O–H groups in total. The summed E-state index contributed by atoms with van der Waals surface area (Å²) in [7, 11) is 0. The molecule has 0 rings (SSSR count). The van der Waals surface area contributed by atoms with Crippen LogP contribution in [0.15, 0.2) is 0 Å². The molecule has 0 fully saturated rings. The minimum atomic E-state index is -0.0710. The maximum atomic E-state index is 9.30. The molecule has 4 nitrogen and oxygen atoms in total. The summed E-state index contributed by atoms with van der Waals surface area (Å²) in [6.07, 6.45) is 0. The van der Waals surface area contributed by atoms with E-state index in [1.165, 1.54) is 0 Å². The second kappa shape index (κ2) is 9.83. The van der Waals surface area contributed by atoms with Gasteiger partial charge in [-0.1, -0.05) is 13.8 Å². The van der Waals surface area contributed by atoms with E-state index < -0.39 is 0 Å². The summed E-state index contributed by atoms with van der Waals surface area (Å²) >= 11 is 0. The maximum absolute atomic E-state index is 9.30. The first kappa shape index (κ1) is 16.8. The molecule has 0 aromatic carbocycles. The minimum absolute atomic E-state index is 0.0710. The molecule has 0 aromatic heterocycles. The lowest BCUT2D eigenvalue weighted by Gasteiger charge is -2.31. The van der Waals surface area contributed by atoms with Crippen LogP contribution < -0.4 is 0 Å². The van der Waals surface area contributed by atoms with E-state index in [1.807, 2.05) is 13.8 Å². The van der Waals surface area contributed by atoms with Crippen molar-refractivity contribution in [1.29, 1.82) is 0 Å². The van der Waals surface area contributed by atoms with Crippen molar-refractivity contribution in [1.82, 2.24) is 4.90 Å². The molecule has 4 heteroatoms. The first-order valence-electron chi connectivity index (χ1n) is 6.54. The van der Waals surface area contributed by atoms with Gasteiger partial charge in [-0.15, -0.1) is 0 Å². The van der Waals surface area contributed by atoms with Crippen molar-refractivity contribution in [2.24, 2.45) is 5.41 Å². The predicted octanol–water partition coefficient (Wildman–Crippen LogP) is 1.38. The molecule has 104 valence electrons. The fourth-order valence-corrected chi connectivity index (χ4v) is 1.60. The Kier molecular flexibility index (Phi) is 9.74. The molecule has 0 unspecified atom stereocenters. The van der Waals surface area contributed by atoms with Crippen molar-refractivity contribution in [2.45, 2.75) is 27.7 Å². The van der Waals surface area contributed by atoms with Crippen molar-refractivity contribution in [3.63, 3.8) is 0 Å². The topological polar surface area (TPSA) is 41.9 Å². The van der Waals surface area contributed by atoms with E-state index in [1.54, 1.807) is 0 Å². The first-order chi connectivity index (χ1) is 8.05. The zero-order chi connectivity index (χ0) is 13.1. The van der Waals surface area contributed by atoms with Crippen LogP contribution in [-0.2, 0) is 9.47 Å². The maximum Gasteiger partial charge on any atom is 0.0593 e. The smallest absolute Gasteiger partial charge is 0.0593 e. The number of rotatable bonds is 11. The fraction of sp³-hybridized carbons (Fsp3) is 1.00. The third-order valence-corrected chi connectivity index (χ3v) is 2.59. The van der Waals surface area contributed by atoms with Gasteiger partial charge in [-0.3, -0.25) is 4.90 Å². The van der Waals surface area contributed by atoms with Gasteiger partial charge in [-0.25, -0.2) is 0 Å². The van der Waals surface area contributed by atoms with Gasteiger partial charge in [0.15, 0.2) is 0 Å². The highest BCUT2D eigenvalue weighted by molar-refractivity contribution is 4.73. The van der Waals surface area contributed by atoms with Gasteiger partial charge >= 0.3 is 0 Å². The van der Waals surface area contributed by atoms with Gasteiger partial charge in [0, 0.05) is 44.9 Å². The largest absolute Gasteiger partial charge is 0.396 e. The van der Waals surface area contributed by atoms with Gasteiger partial charge in [0.1, 0.15) is 0 Å². The average Bonchev–Trinajstić information content (AvgIpc) is 2.29. The SMILES string of the molecule is CCOCCN(CCOCC)CC(C)(C)CO. The third kappa shape index (κ3) is 9.53. The summed E-state index contributed by atoms with van der Waals surface area (Å²) in [5.41, 5.74) is -0.0710. The molecular weight excluding hydrogens is 218 g/mol. The summed E-state index contributed by atoms with van der Waals surface area (Å²) in [4.78, 5) is 2.29. The normalized spacial score (nSPS) is 12.4. The molecule has 0 aliphatic carbocycles. The van der Waals surface area contributed by atoms with Crippen molar-refractivity contribution in [3.05, 3.63) is 0 Å². The van der Waals surface area contributed by atoms with E-state index >= 15 is 0 Å². The highest BCUT2D eigenvalue weighted by Crippen LogP contribution is 2.15.